The molecule has 3 heteroatoms. The second-order valence-corrected chi connectivity index (χ2v) is 4.24. The summed E-state index contributed by atoms with van der Waals surface area (Å²) < 4.78 is 5.03. The summed E-state index contributed by atoms with van der Waals surface area (Å²) in [5.74, 6) is -0.191. The minimum Gasteiger partial charge on any atom is -0.463 e. The van der Waals surface area contributed by atoms with E-state index in [2.05, 4.69) is 6.07 Å². The predicted molar refractivity (Wildman–Crippen MR) is 63.8 cm³/mol. The van der Waals surface area contributed by atoms with Crippen LogP contribution in [0.5, 0.6) is 0 Å². The first-order chi connectivity index (χ1) is 7.66. The number of nitrogens with zero attached hydrogens (tertiary/aromatic N) is 1. The second-order valence-electron chi connectivity index (χ2n) is 4.24. The summed E-state index contributed by atoms with van der Waals surface area (Å²) in [6.07, 6.45) is 8.62. The summed E-state index contributed by atoms with van der Waals surface area (Å²) in [5, 5.41) is 8.35. The van der Waals surface area contributed by atoms with Crippen LogP contribution in [0.4, 0.5) is 0 Å². The van der Waals surface area contributed by atoms with Gasteiger partial charge in [0.2, 0.25) is 0 Å². The number of rotatable bonds is 9. The Bertz CT molecular complexity index is 220. The Kier molecular flexibility index (Phi) is 9.80. The molecule has 0 aromatic carbocycles. The summed E-state index contributed by atoms with van der Waals surface area (Å²) >= 11 is 0. The Balaban J connectivity index is 3.15. The van der Waals surface area contributed by atoms with Gasteiger partial charge in [0.15, 0.2) is 0 Å². The van der Waals surface area contributed by atoms with Gasteiger partial charge in [0.25, 0.3) is 0 Å². The van der Waals surface area contributed by atoms with Crippen LogP contribution in [0.1, 0.15) is 65.2 Å². The van der Waals surface area contributed by atoms with Crippen LogP contribution in [0.25, 0.3) is 0 Å². The van der Waals surface area contributed by atoms with Crippen LogP contribution in [0, 0.1) is 11.3 Å². The molecule has 0 heterocycles. The topological polar surface area (TPSA) is 50.1 Å². The van der Waals surface area contributed by atoms with Crippen molar-refractivity contribution in [3.63, 3.8) is 0 Å². The van der Waals surface area contributed by atoms with Crippen molar-refractivity contribution in [1.82, 2.24) is 0 Å². The van der Waals surface area contributed by atoms with E-state index >= 15 is 0 Å². The van der Waals surface area contributed by atoms with Crippen LogP contribution in [0.15, 0.2) is 0 Å². The van der Waals surface area contributed by atoms with Crippen LogP contribution in [-0.2, 0) is 9.53 Å². The Labute approximate surface area is 98.8 Å². The summed E-state index contributed by atoms with van der Waals surface area (Å²) in [6, 6.07) is 2.15. The molecule has 3 nitrogen and oxygen atoms in total. The number of nitriles is 1. The zero-order valence-corrected chi connectivity index (χ0v) is 10.5. The van der Waals surface area contributed by atoms with E-state index in [0.717, 1.165) is 25.7 Å². The van der Waals surface area contributed by atoms with Crippen LogP contribution in [-0.4, -0.2) is 12.1 Å². The van der Waals surface area contributed by atoms with E-state index in [1.54, 1.807) is 0 Å². The lowest BCUT2D eigenvalue weighted by atomic mass is 10.1. The molecule has 0 bridgehead atoms. The smallest absolute Gasteiger partial charge is 0.302 e. The molecule has 0 saturated heterocycles. The lowest BCUT2D eigenvalue weighted by molar-refractivity contribution is -0.145. The third-order valence-corrected chi connectivity index (χ3v) is 2.52. The molecule has 0 aliphatic carbocycles. The number of hydrogen-bond acceptors (Lipinski definition) is 3. The molecule has 1 unspecified atom stereocenters. The number of esters is 1. The summed E-state index contributed by atoms with van der Waals surface area (Å²) in [4.78, 5) is 10.6. The Hall–Kier alpha value is -1.04. The average molecular weight is 225 g/mol. The van der Waals surface area contributed by atoms with E-state index in [1.165, 1.54) is 26.2 Å². The number of carbonyl (C=O) groups is 1. The maximum Gasteiger partial charge on any atom is 0.302 e. The molecule has 92 valence electrons. The second kappa shape index (κ2) is 10.5. The third kappa shape index (κ3) is 11.0. The van der Waals surface area contributed by atoms with E-state index in [1.807, 2.05) is 6.92 Å². The van der Waals surface area contributed by atoms with Crippen molar-refractivity contribution < 1.29 is 9.53 Å². The van der Waals surface area contributed by atoms with Crippen molar-refractivity contribution in [1.29, 1.82) is 5.26 Å². The number of unbranched alkanes of at least 4 members (excludes halogenated alkanes) is 6. The van der Waals surface area contributed by atoms with Gasteiger partial charge in [-0.25, -0.2) is 0 Å². The van der Waals surface area contributed by atoms with Gasteiger partial charge in [-0.15, -0.1) is 0 Å². The molecular formula is C13H23NO2. The van der Waals surface area contributed by atoms with Gasteiger partial charge >= 0.3 is 5.97 Å². The molecule has 0 fully saturated rings. The molecular weight excluding hydrogens is 202 g/mol. The van der Waals surface area contributed by atoms with E-state index in [9.17, 15) is 4.79 Å². The van der Waals surface area contributed by atoms with Gasteiger partial charge in [-0.05, 0) is 26.2 Å². The quantitative estimate of drug-likeness (QED) is 0.445. The van der Waals surface area contributed by atoms with Crippen molar-refractivity contribution in [2.24, 2.45) is 0 Å². The minimum atomic E-state index is -0.191. The Morgan fingerprint density at radius 1 is 1.19 bits per heavy atom. The van der Waals surface area contributed by atoms with Gasteiger partial charge in [-0.3, -0.25) is 4.79 Å². The molecule has 0 saturated carbocycles. The lowest BCUT2D eigenvalue weighted by Gasteiger charge is -2.10. The molecule has 0 spiro atoms. The van der Waals surface area contributed by atoms with Crippen LogP contribution in [0.3, 0.4) is 0 Å². The molecule has 0 N–H and O–H groups in total. The molecule has 0 rings (SSSR count). The monoisotopic (exact) mass is 225 g/mol. The van der Waals surface area contributed by atoms with Crippen LogP contribution < -0.4 is 0 Å². The lowest BCUT2D eigenvalue weighted by Crippen LogP contribution is -2.11. The zero-order chi connectivity index (χ0) is 12.2. The van der Waals surface area contributed by atoms with Crippen molar-refractivity contribution in [2.45, 2.75) is 71.3 Å². The fourth-order valence-corrected chi connectivity index (χ4v) is 1.69. The zero-order valence-electron chi connectivity index (χ0n) is 10.5. The maximum atomic E-state index is 10.6. The first kappa shape index (κ1) is 15.0. The molecule has 16 heavy (non-hydrogen) atoms. The molecule has 0 aromatic rings. The molecule has 0 amide bonds. The molecule has 0 aliphatic rings. The first-order valence-electron chi connectivity index (χ1n) is 6.21. The van der Waals surface area contributed by atoms with E-state index in [4.69, 9.17) is 10.00 Å². The highest BCUT2D eigenvalue weighted by molar-refractivity contribution is 5.66. The molecule has 0 radical (unpaired) electrons. The largest absolute Gasteiger partial charge is 0.463 e. The van der Waals surface area contributed by atoms with Crippen LogP contribution in [0.2, 0.25) is 0 Å². The highest BCUT2D eigenvalue weighted by Crippen LogP contribution is 2.10. The van der Waals surface area contributed by atoms with Crippen molar-refractivity contribution >= 4 is 5.97 Å². The summed E-state index contributed by atoms with van der Waals surface area (Å²) in [6.45, 7) is 3.39. The van der Waals surface area contributed by atoms with Crippen LogP contribution >= 0.6 is 0 Å². The van der Waals surface area contributed by atoms with E-state index < -0.39 is 0 Å². The summed E-state index contributed by atoms with van der Waals surface area (Å²) in [5.41, 5.74) is 0. The highest BCUT2D eigenvalue weighted by atomic mass is 16.5. The van der Waals surface area contributed by atoms with Gasteiger partial charge < -0.3 is 4.74 Å². The normalized spacial score (nSPS) is 11.8. The van der Waals surface area contributed by atoms with E-state index in [-0.39, 0.29) is 12.1 Å². The van der Waals surface area contributed by atoms with Crippen molar-refractivity contribution in [2.75, 3.05) is 0 Å². The third-order valence-electron chi connectivity index (χ3n) is 2.52. The molecule has 0 aliphatic heterocycles. The van der Waals surface area contributed by atoms with Gasteiger partial charge in [-0.1, -0.05) is 25.7 Å². The highest BCUT2D eigenvalue weighted by Gasteiger charge is 2.04. The molecule has 0 aromatic heterocycles. The molecule has 1 atom stereocenters. The maximum absolute atomic E-state index is 10.6. The summed E-state index contributed by atoms with van der Waals surface area (Å²) in [7, 11) is 0. The van der Waals surface area contributed by atoms with Gasteiger partial charge in [0, 0.05) is 13.3 Å². The predicted octanol–water partition coefficient (Wildman–Crippen LogP) is 3.58. The standard InChI is InChI=1S/C13H23NO2/c1-12(16-13(2)15)10-8-6-4-3-5-7-9-11-14/h12H,3-10H2,1-2H3. The number of carbonyl (C=O) groups excluding carboxylic acids is 1. The minimum absolute atomic E-state index is 0.0519. The van der Waals surface area contributed by atoms with Gasteiger partial charge in [0.05, 0.1) is 12.2 Å². The van der Waals surface area contributed by atoms with Gasteiger partial charge in [0.1, 0.15) is 0 Å². The van der Waals surface area contributed by atoms with Gasteiger partial charge in [-0.2, -0.15) is 5.26 Å². The fourth-order valence-electron chi connectivity index (χ4n) is 1.69. The van der Waals surface area contributed by atoms with Crippen molar-refractivity contribution in [3.05, 3.63) is 0 Å². The Morgan fingerprint density at radius 3 is 2.31 bits per heavy atom. The SMILES string of the molecule is CC(=O)OC(C)CCCCCCCCC#N. The van der Waals surface area contributed by atoms with E-state index in [0.29, 0.717) is 6.42 Å². The fraction of sp³-hybridized carbons (Fsp3) is 0.846. The van der Waals surface area contributed by atoms with Crippen molar-refractivity contribution in [3.8, 4) is 6.07 Å². The first-order valence-corrected chi connectivity index (χ1v) is 6.21. The average Bonchev–Trinajstić information content (AvgIpc) is 2.21. The number of ether oxygens (including phenoxy) is 1. The number of hydrogen-bond donors (Lipinski definition) is 0. The Morgan fingerprint density at radius 2 is 1.75 bits per heavy atom.